The summed E-state index contributed by atoms with van der Waals surface area (Å²) in [5.74, 6) is -0.159. The fraction of sp³-hybridized carbons (Fsp3) is 0.500. The Kier molecular flexibility index (Phi) is 3.71. The third kappa shape index (κ3) is 2.81. The molecule has 2 rings (SSSR count). The van der Waals surface area contributed by atoms with Gasteiger partial charge in [-0.3, -0.25) is 9.78 Å². The summed E-state index contributed by atoms with van der Waals surface area (Å²) in [5, 5.41) is 0. The zero-order valence-electron chi connectivity index (χ0n) is 9.87. The lowest BCUT2D eigenvalue weighted by atomic mass is 10.0. The second-order valence-corrected chi connectivity index (χ2v) is 4.36. The largest absolute Gasteiger partial charge is 0.379 e. The van der Waals surface area contributed by atoms with E-state index in [0.29, 0.717) is 19.8 Å². The molecule has 17 heavy (non-hydrogen) atoms. The minimum Gasteiger partial charge on any atom is -0.379 e. The number of carbonyl (C=O) groups is 1. The first-order valence-electron chi connectivity index (χ1n) is 5.65. The maximum Gasteiger partial charge on any atom is 0.229 e. The molecule has 92 valence electrons. The first-order valence-corrected chi connectivity index (χ1v) is 5.65. The van der Waals surface area contributed by atoms with Crippen molar-refractivity contribution in [2.45, 2.75) is 12.6 Å². The summed E-state index contributed by atoms with van der Waals surface area (Å²) in [4.78, 5) is 17.7. The summed E-state index contributed by atoms with van der Waals surface area (Å²) in [7, 11) is 1.79. The summed E-state index contributed by atoms with van der Waals surface area (Å²) in [6.45, 7) is 1.48. The molecule has 0 radical (unpaired) electrons. The molecule has 1 aliphatic rings. The van der Waals surface area contributed by atoms with Crippen LogP contribution in [0.5, 0.6) is 0 Å². The van der Waals surface area contributed by atoms with Crippen molar-refractivity contribution in [2.75, 3.05) is 20.3 Å². The number of carbonyl (C=O) groups excluding carboxylic acids is 1. The number of nitrogens with zero attached hydrogens (tertiary/aromatic N) is 2. The van der Waals surface area contributed by atoms with Crippen LogP contribution in [0.15, 0.2) is 24.5 Å². The highest BCUT2D eigenvalue weighted by atomic mass is 16.5. The Morgan fingerprint density at radius 2 is 2.24 bits per heavy atom. The molecule has 2 heterocycles. The predicted octanol–water partition coefficient (Wildman–Crippen LogP) is 0.0137. The van der Waals surface area contributed by atoms with Crippen molar-refractivity contribution >= 4 is 5.91 Å². The van der Waals surface area contributed by atoms with E-state index in [-0.39, 0.29) is 17.9 Å². The Bertz CT molecular complexity index is 383. The summed E-state index contributed by atoms with van der Waals surface area (Å²) >= 11 is 0. The Hall–Kier alpha value is -1.46. The molecular weight excluding hydrogens is 218 g/mol. The van der Waals surface area contributed by atoms with Crippen LogP contribution >= 0.6 is 0 Å². The van der Waals surface area contributed by atoms with E-state index in [1.54, 1.807) is 24.3 Å². The third-order valence-electron chi connectivity index (χ3n) is 2.99. The maximum atomic E-state index is 12.1. The van der Waals surface area contributed by atoms with Gasteiger partial charge in [-0.25, -0.2) is 0 Å². The van der Waals surface area contributed by atoms with Crippen LogP contribution in [0.2, 0.25) is 0 Å². The van der Waals surface area contributed by atoms with Crippen molar-refractivity contribution < 1.29 is 9.53 Å². The smallest absolute Gasteiger partial charge is 0.229 e. The average molecular weight is 235 g/mol. The van der Waals surface area contributed by atoms with Crippen molar-refractivity contribution in [2.24, 2.45) is 11.7 Å². The average Bonchev–Trinajstić information content (AvgIpc) is 2.76. The van der Waals surface area contributed by atoms with Gasteiger partial charge in [0.15, 0.2) is 0 Å². The van der Waals surface area contributed by atoms with Crippen LogP contribution in [0.1, 0.15) is 5.56 Å². The lowest BCUT2D eigenvalue weighted by Crippen LogP contribution is -2.41. The molecule has 1 saturated heterocycles. The van der Waals surface area contributed by atoms with Crippen LogP contribution in [-0.4, -0.2) is 42.1 Å². The maximum absolute atomic E-state index is 12.1. The molecule has 1 aromatic heterocycles. The summed E-state index contributed by atoms with van der Waals surface area (Å²) in [5.41, 5.74) is 6.89. The predicted molar refractivity (Wildman–Crippen MR) is 63.0 cm³/mol. The SMILES string of the molecule is CN(Cc1ccncc1)C(=O)C1COCC1N. The topological polar surface area (TPSA) is 68.5 Å². The van der Waals surface area contributed by atoms with Gasteiger partial charge in [-0.15, -0.1) is 0 Å². The number of hydrogen-bond donors (Lipinski definition) is 1. The molecule has 2 atom stereocenters. The lowest BCUT2D eigenvalue weighted by molar-refractivity contribution is -0.135. The third-order valence-corrected chi connectivity index (χ3v) is 2.99. The minimum absolute atomic E-state index is 0.0480. The first-order chi connectivity index (χ1) is 8.18. The fourth-order valence-electron chi connectivity index (χ4n) is 1.95. The van der Waals surface area contributed by atoms with Gasteiger partial charge in [-0.2, -0.15) is 0 Å². The van der Waals surface area contributed by atoms with Gasteiger partial charge in [0.05, 0.1) is 19.1 Å². The summed E-state index contributed by atoms with van der Waals surface area (Å²) < 4.78 is 5.21. The number of amides is 1. The fourth-order valence-corrected chi connectivity index (χ4v) is 1.95. The van der Waals surface area contributed by atoms with E-state index in [0.717, 1.165) is 5.56 Å². The zero-order valence-corrected chi connectivity index (χ0v) is 9.87. The van der Waals surface area contributed by atoms with Crippen LogP contribution in [0, 0.1) is 5.92 Å². The molecule has 5 heteroatoms. The van der Waals surface area contributed by atoms with E-state index >= 15 is 0 Å². The normalized spacial score (nSPS) is 23.6. The molecule has 0 saturated carbocycles. The molecule has 2 unspecified atom stereocenters. The van der Waals surface area contributed by atoms with Crippen LogP contribution in [0.25, 0.3) is 0 Å². The standard InChI is InChI=1S/C12H17N3O2/c1-15(6-9-2-4-14-5-3-9)12(16)10-7-17-8-11(10)13/h2-5,10-11H,6-8,13H2,1H3. The van der Waals surface area contributed by atoms with Gasteiger partial charge in [-0.05, 0) is 17.7 Å². The van der Waals surface area contributed by atoms with Gasteiger partial charge in [0.1, 0.15) is 0 Å². The van der Waals surface area contributed by atoms with E-state index in [1.807, 2.05) is 12.1 Å². The molecule has 1 fully saturated rings. The Balaban J connectivity index is 1.96. The van der Waals surface area contributed by atoms with E-state index in [9.17, 15) is 4.79 Å². The van der Waals surface area contributed by atoms with Crippen LogP contribution in [0.3, 0.4) is 0 Å². The highest BCUT2D eigenvalue weighted by Gasteiger charge is 2.33. The first kappa shape index (κ1) is 12.0. The van der Waals surface area contributed by atoms with E-state index in [2.05, 4.69) is 4.98 Å². The van der Waals surface area contributed by atoms with Gasteiger partial charge >= 0.3 is 0 Å². The number of hydrogen-bond acceptors (Lipinski definition) is 4. The van der Waals surface area contributed by atoms with Gasteiger partial charge in [0.2, 0.25) is 5.91 Å². The quantitative estimate of drug-likeness (QED) is 0.801. The number of rotatable bonds is 3. The van der Waals surface area contributed by atoms with Crippen molar-refractivity contribution in [1.29, 1.82) is 0 Å². The monoisotopic (exact) mass is 235 g/mol. The van der Waals surface area contributed by atoms with Gasteiger partial charge in [0.25, 0.3) is 0 Å². The van der Waals surface area contributed by atoms with Gasteiger partial charge in [0, 0.05) is 32.0 Å². The molecule has 1 amide bonds. The van der Waals surface area contributed by atoms with E-state index < -0.39 is 0 Å². The number of ether oxygens (including phenoxy) is 1. The van der Waals surface area contributed by atoms with E-state index in [1.165, 1.54) is 0 Å². The number of aromatic nitrogens is 1. The minimum atomic E-state index is -0.207. The molecule has 2 N–H and O–H groups in total. The van der Waals surface area contributed by atoms with Crippen molar-refractivity contribution in [1.82, 2.24) is 9.88 Å². The van der Waals surface area contributed by atoms with Crippen molar-refractivity contribution in [3.8, 4) is 0 Å². The van der Waals surface area contributed by atoms with Crippen molar-refractivity contribution in [3.05, 3.63) is 30.1 Å². The number of pyridine rings is 1. The highest BCUT2D eigenvalue weighted by Crippen LogP contribution is 2.15. The zero-order chi connectivity index (χ0) is 12.3. The van der Waals surface area contributed by atoms with Crippen molar-refractivity contribution in [3.63, 3.8) is 0 Å². The van der Waals surface area contributed by atoms with Crippen LogP contribution in [-0.2, 0) is 16.1 Å². The molecule has 0 spiro atoms. The summed E-state index contributed by atoms with van der Waals surface area (Å²) in [6.07, 6.45) is 3.44. The van der Waals surface area contributed by atoms with Crippen LogP contribution in [0.4, 0.5) is 0 Å². The molecule has 5 nitrogen and oxygen atoms in total. The Morgan fingerprint density at radius 3 is 2.82 bits per heavy atom. The molecule has 1 aliphatic heterocycles. The van der Waals surface area contributed by atoms with E-state index in [4.69, 9.17) is 10.5 Å². The number of nitrogens with two attached hydrogens (primary N) is 1. The summed E-state index contributed by atoms with van der Waals surface area (Å²) in [6, 6.07) is 3.62. The second-order valence-electron chi connectivity index (χ2n) is 4.36. The molecule has 0 bridgehead atoms. The molecule has 0 aromatic carbocycles. The Morgan fingerprint density at radius 1 is 1.53 bits per heavy atom. The molecular formula is C12H17N3O2. The van der Waals surface area contributed by atoms with Gasteiger partial charge < -0.3 is 15.4 Å². The van der Waals surface area contributed by atoms with Gasteiger partial charge in [-0.1, -0.05) is 0 Å². The second kappa shape index (κ2) is 5.25. The highest BCUT2D eigenvalue weighted by molar-refractivity contribution is 5.79. The molecule has 0 aliphatic carbocycles. The Labute approximate surface area is 101 Å². The lowest BCUT2D eigenvalue weighted by Gasteiger charge is -2.22. The van der Waals surface area contributed by atoms with Crippen LogP contribution < -0.4 is 5.73 Å². The molecule has 1 aromatic rings.